The maximum atomic E-state index is 2.50. The summed E-state index contributed by atoms with van der Waals surface area (Å²) in [6.45, 7) is 0. The van der Waals surface area contributed by atoms with Crippen LogP contribution < -0.4 is 0 Å². The van der Waals surface area contributed by atoms with Crippen molar-refractivity contribution in [2.45, 2.75) is 35.1 Å². The molecule has 1 heteroatoms. The van der Waals surface area contributed by atoms with Crippen molar-refractivity contribution in [1.29, 1.82) is 0 Å². The molecule has 0 aliphatic carbocycles. The van der Waals surface area contributed by atoms with Crippen LogP contribution in [0.4, 0.5) is 0 Å². The quantitative estimate of drug-likeness (QED) is 0.0999. The third-order valence-corrected chi connectivity index (χ3v) is 19.9. The fourth-order valence-electron chi connectivity index (χ4n) is 12.2. The van der Waals surface area contributed by atoms with Crippen molar-refractivity contribution in [2.75, 3.05) is 0 Å². The van der Waals surface area contributed by atoms with Gasteiger partial charge in [0.05, 0.1) is 0 Å². The van der Waals surface area contributed by atoms with E-state index in [1.807, 2.05) is 0 Å². The Morgan fingerprint density at radius 1 is 0.178 bits per heavy atom. The van der Waals surface area contributed by atoms with Crippen LogP contribution in [0.25, 0.3) is 129 Å². The molecule has 73 heavy (non-hydrogen) atoms. The first-order chi connectivity index (χ1) is 36.0. The first kappa shape index (κ1) is 42.6. The molecule has 0 bridgehead atoms. The van der Waals surface area contributed by atoms with Crippen LogP contribution in [-0.2, 0) is 33.4 Å². The van der Waals surface area contributed by atoms with Crippen molar-refractivity contribution < 1.29 is 14.1 Å². The molecular formula is C72H51Cr. The topological polar surface area (TPSA) is 0 Å². The Morgan fingerprint density at radius 2 is 0.384 bits per heavy atom. The zero-order valence-corrected chi connectivity index (χ0v) is 41.9. The fraction of sp³-hybridized carbons (Fsp3) is 0.0833. The molecule has 0 saturated heterocycles. The zero-order valence-electron chi connectivity index (χ0n) is 40.7. The van der Waals surface area contributed by atoms with E-state index in [0.29, 0.717) is 0 Å². The Labute approximate surface area is 429 Å². The van der Waals surface area contributed by atoms with Gasteiger partial charge in [0.15, 0.2) is 0 Å². The Balaban J connectivity index is 0.748. The Morgan fingerprint density at radius 3 is 0.644 bits per heavy atom. The van der Waals surface area contributed by atoms with E-state index in [1.165, 1.54) is 162 Å². The predicted octanol–water partition coefficient (Wildman–Crippen LogP) is 20.4. The first-order valence-electron chi connectivity index (χ1n) is 26.0. The fourth-order valence-corrected chi connectivity index (χ4v) is 15.6. The molecule has 0 fully saturated rings. The monoisotopic (exact) mass is 967 g/mol. The Bertz CT molecular complexity index is 4270. The molecule has 0 amide bonds. The van der Waals surface area contributed by atoms with Crippen LogP contribution in [0.5, 0.6) is 0 Å². The molecular weight excluding hydrogens is 917 g/mol. The second kappa shape index (κ2) is 17.3. The number of benzene rings is 15. The average molecular weight is 968 g/mol. The summed E-state index contributed by atoms with van der Waals surface area (Å²) < 4.78 is 0. The summed E-state index contributed by atoms with van der Waals surface area (Å²) in [7, 11) is 0. The minimum atomic E-state index is -1.04. The number of rotatable bonds is 9. The summed E-state index contributed by atoms with van der Waals surface area (Å²) >= 11 is -1.04. The van der Waals surface area contributed by atoms with Crippen molar-refractivity contribution in [3.05, 3.63) is 253 Å². The molecule has 345 valence electrons. The van der Waals surface area contributed by atoms with Crippen molar-refractivity contribution >= 4 is 129 Å². The first-order valence-corrected chi connectivity index (χ1v) is 28.7. The standard InChI is InChI=1S/3C24H17.Cr/c3*1-2-16-7-8-19-13-21-10-9-20-12-17-5-3-4-6-18(17)14-23(20)24(21)15-22(19)11-16;/h3*3-15H,1-2H2;. The Kier molecular flexibility index (Phi) is 10.1. The predicted molar refractivity (Wildman–Crippen MR) is 315 cm³/mol. The van der Waals surface area contributed by atoms with Gasteiger partial charge < -0.3 is 0 Å². The Hall–Kier alpha value is -8.05. The number of hydrogen-bond acceptors (Lipinski definition) is 0. The molecule has 0 atom stereocenters. The van der Waals surface area contributed by atoms with Gasteiger partial charge in [0.2, 0.25) is 0 Å². The molecule has 0 aliphatic rings. The average Bonchev–Trinajstić information content (AvgIpc) is 3.44. The number of hydrogen-bond donors (Lipinski definition) is 0. The third-order valence-electron chi connectivity index (χ3n) is 16.2. The van der Waals surface area contributed by atoms with Crippen molar-refractivity contribution in [1.82, 2.24) is 0 Å². The molecule has 0 saturated carbocycles. The number of fused-ring (bicyclic) bond motifs is 15. The SMILES string of the molecule is c1ccc2cc3c(ccc4cc5ccc(C[CH2][Cr]([CH2]Cc6ccc7cc8ccc9cc%10ccccc%10cc9c8cc7c6)[CH2]Cc6ccc7cc8ccc9cc%10ccccc%10cc9c8cc7c6)cc5cc43)cc2c1. The van der Waals surface area contributed by atoms with E-state index in [4.69, 9.17) is 0 Å². The molecule has 15 rings (SSSR count). The second-order valence-electron chi connectivity index (χ2n) is 20.7. The van der Waals surface area contributed by atoms with Crippen LogP contribution in [0.3, 0.4) is 0 Å². The van der Waals surface area contributed by atoms with E-state index < -0.39 is 14.1 Å². The minimum absolute atomic E-state index is 1.04. The second-order valence-corrected chi connectivity index (χ2v) is 24.5. The van der Waals surface area contributed by atoms with E-state index >= 15 is 0 Å². The number of aryl methyl sites for hydroxylation is 3. The summed E-state index contributed by atoms with van der Waals surface area (Å²) in [5, 5.41) is 35.5. The van der Waals surface area contributed by atoms with E-state index in [0.717, 1.165) is 19.3 Å². The van der Waals surface area contributed by atoms with Gasteiger partial charge in [0.25, 0.3) is 0 Å². The van der Waals surface area contributed by atoms with Gasteiger partial charge >= 0.3 is 414 Å². The molecule has 0 aromatic heterocycles. The van der Waals surface area contributed by atoms with Gasteiger partial charge in [-0.05, 0) is 0 Å². The summed E-state index contributed by atoms with van der Waals surface area (Å²) in [4.78, 5) is 0. The van der Waals surface area contributed by atoms with Crippen molar-refractivity contribution in [3.8, 4) is 0 Å². The van der Waals surface area contributed by atoms with Gasteiger partial charge in [-0.1, -0.05) is 18.2 Å². The van der Waals surface area contributed by atoms with E-state index in [1.54, 1.807) is 0 Å². The molecule has 0 radical (unpaired) electrons. The van der Waals surface area contributed by atoms with Crippen LogP contribution in [0.1, 0.15) is 16.7 Å². The molecule has 0 unspecified atom stereocenters. The molecule has 0 N–H and O–H groups in total. The maximum absolute atomic E-state index is 2.50. The molecule has 15 aromatic rings. The summed E-state index contributed by atoms with van der Waals surface area (Å²) in [5.74, 6) is 0. The molecule has 0 spiro atoms. The third kappa shape index (κ3) is 7.75. The molecule has 0 aliphatic heterocycles. The van der Waals surface area contributed by atoms with Gasteiger partial charge in [-0.25, -0.2) is 0 Å². The summed E-state index contributed by atoms with van der Waals surface area (Å²) in [6, 6.07) is 90.6. The van der Waals surface area contributed by atoms with Crippen LogP contribution in [0, 0.1) is 0 Å². The van der Waals surface area contributed by atoms with Crippen molar-refractivity contribution in [3.63, 3.8) is 0 Å². The van der Waals surface area contributed by atoms with Crippen LogP contribution >= 0.6 is 0 Å². The van der Waals surface area contributed by atoms with Crippen LogP contribution in [-0.4, -0.2) is 0 Å². The van der Waals surface area contributed by atoms with Gasteiger partial charge in [-0.15, -0.1) is 0 Å². The van der Waals surface area contributed by atoms with Gasteiger partial charge in [-0.3, -0.25) is 0 Å². The zero-order chi connectivity index (χ0) is 48.0. The van der Waals surface area contributed by atoms with Crippen molar-refractivity contribution in [2.24, 2.45) is 0 Å². The molecule has 0 heterocycles. The molecule has 15 aromatic carbocycles. The van der Waals surface area contributed by atoms with Crippen LogP contribution in [0.15, 0.2) is 237 Å². The summed E-state index contributed by atoms with van der Waals surface area (Å²) in [6.07, 6.45) is 3.36. The van der Waals surface area contributed by atoms with E-state index in [9.17, 15) is 0 Å². The van der Waals surface area contributed by atoms with E-state index in [2.05, 4.69) is 237 Å². The summed E-state index contributed by atoms with van der Waals surface area (Å²) in [5.41, 5.74) is 4.38. The van der Waals surface area contributed by atoms with Gasteiger partial charge in [0, 0.05) is 0 Å². The van der Waals surface area contributed by atoms with Gasteiger partial charge in [-0.2, -0.15) is 0 Å². The van der Waals surface area contributed by atoms with E-state index in [-0.39, 0.29) is 0 Å². The van der Waals surface area contributed by atoms with Crippen LogP contribution in [0.2, 0.25) is 15.8 Å². The normalized spacial score (nSPS) is 12.3. The van der Waals surface area contributed by atoms with Gasteiger partial charge in [0.1, 0.15) is 0 Å². The molecule has 0 nitrogen and oxygen atoms in total.